The number of aliphatic hydroxyl groups is 1. The Morgan fingerprint density at radius 2 is 2.12 bits per heavy atom. The zero-order chi connectivity index (χ0) is 18.4. The number of fused-ring (bicyclic) bond motifs is 1. The molecule has 3 N–H and O–H groups in total. The van der Waals surface area contributed by atoms with Gasteiger partial charge in [0, 0.05) is 5.39 Å². The second-order valence-electron chi connectivity index (χ2n) is 5.64. The van der Waals surface area contributed by atoms with Gasteiger partial charge in [-0.05, 0) is 30.5 Å². The monoisotopic (exact) mass is 370 g/mol. The van der Waals surface area contributed by atoms with E-state index in [1.54, 1.807) is 4.72 Å². The van der Waals surface area contributed by atoms with E-state index in [9.17, 15) is 27.8 Å². The molecule has 0 bridgehead atoms. The summed E-state index contributed by atoms with van der Waals surface area (Å²) < 4.78 is 46.3. The summed E-state index contributed by atoms with van der Waals surface area (Å²) in [7, 11) is -4.27. The van der Waals surface area contributed by atoms with Crippen molar-refractivity contribution in [1.82, 2.24) is 4.72 Å². The number of rotatable bonds is 4. The van der Waals surface area contributed by atoms with Crippen molar-refractivity contribution in [2.45, 2.75) is 13.0 Å². The minimum atomic E-state index is -4.27. The van der Waals surface area contributed by atoms with Gasteiger partial charge in [0.05, 0.1) is 6.10 Å². The first-order valence-corrected chi connectivity index (χ1v) is 8.72. The molecule has 0 saturated carbocycles. The number of benzene rings is 2. The Morgan fingerprint density at radius 3 is 2.72 bits per heavy atom. The smallest absolute Gasteiger partial charge is 0.326 e. The molecule has 1 unspecified atom stereocenters. The van der Waals surface area contributed by atoms with E-state index in [-0.39, 0.29) is 17.7 Å². The Bertz CT molecular complexity index is 960. The number of hydrogen-bond donors (Lipinski definition) is 3. The molecule has 1 amide bonds. The number of amides is 1. The summed E-state index contributed by atoms with van der Waals surface area (Å²) in [6.45, 7) is 0.896. The fraction of sp³-hybridized carbons (Fsp3) is 0.267. The molecule has 0 spiro atoms. The highest BCUT2D eigenvalue weighted by atomic mass is 32.2. The first-order valence-electron chi connectivity index (χ1n) is 7.28. The molecule has 25 heavy (non-hydrogen) atoms. The maximum Gasteiger partial charge on any atom is 0.326 e. The SMILES string of the molecule is CC(O)COc1ccc2cc(O)c(N3CC(=O)NS3(=O)=O)c(F)c2c1. The molecule has 134 valence electrons. The molecular weight excluding hydrogens is 355 g/mol. The van der Waals surface area contributed by atoms with Crippen LogP contribution in [0.25, 0.3) is 10.8 Å². The number of phenols is 1. The van der Waals surface area contributed by atoms with Crippen molar-refractivity contribution < 1.29 is 32.6 Å². The number of anilines is 1. The molecule has 8 nitrogen and oxygen atoms in total. The summed E-state index contributed by atoms with van der Waals surface area (Å²) >= 11 is 0. The van der Waals surface area contributed by atoms with Crippen LogP contribution in [0, 0.1) is 5.82 Å². The average Bonchev–Trinajstić information content (AvgIpc) is 2.78. The van der Waals surface area contributed by atoms with E-state index >= 15 is 0 Å². The lowest BCUT2D eigenvalue weighted by molar-refractivity contribution is -0.117. The number of hydrogen-bond acceptors (Lipinski definition) is 6. The molecule has 3 rings (SSSR count). The van der Waals surface area contributed by atoms with E-state index in [0.29, 0.717) is 9.69 Å². The van der Waals surface area contributed by atoms with Gasteiger partial charge in [0.15, 0.2) is 5.82 Å². The zero-order valence-electron chi connectivity index (χ0n) is 13.1. The van der Waals surface area contributed by atoms with Gasteiger partial charge in [-0.3, -0.25) is 4.79 Å². The Morgan fingerprint density at radius 1 is 1.40 bits per heavy atom. The highest BCUT2D eigenvalue weighted by Crippen LogP contribution is 2.39. The molecule has 0 aliphatic carbocycles. The number of carbonyl (C=O) groups excluding carboxylic acids is 1. The third-order valence-corrected chi connectivity index (χ3v) is 4.94. The van der Waals surface area contributed by atoms with Gasteiger partial charge in [-0.1, -0.05) is 6.07 Å². The molecule has 2 aromatic carbocycles. The van der Waals surface area contributed by atoms with Crippen molar-refractivity contribution in [3.05, 3.63) is 30.1 Å². The molecule has 1 aliphatic heterocycles. The second kappa shape index (κ2) is 6.05. The molecule has 2 aromatic rings. The minimum Gasteiger partial charge on any atom is -0.506 e. The second-order valence-corrected chi connectivity index (χ2v) is 7.23. The van der Waals surface area contributed by atoms with Crippen LogP contribution >= 0.6 is 0 Å². The highest BCUT2D eigenvalue weighted by Gasteiger charge is 2.37. The molecule has 1 heterocycles. The van der Waals surface area contributed by atoms with Crippen LogP contribution in [0.2, 0.25) is 0 Å². The maximum atomic E-state index is 14.9. The van der Waals surface area contributed by atoms with E-state index in [1.165, 1.54) is 31.2 Å². The van der Waals surface area contributed by atoms with Crippen molar-refractivity contribution in [3.63, 3.8) is 0 Å². The van der Waals surface area contributed by atoms with Gasteiger partial charge < -0.3 is 14.9 Å². The predicted octanol–water partition coefficient (Wildman–Crippen LogP) is 0.625. The van der Waals surface area contributed by atoms with Crippen molar-refractivity contribution in [1.29, 1.82) is 0 Å². The van der Waals surface area contributed by atoms with Crippen molar-refractivity contribution in [2.75, 3.05) is 17.5 Å². The zero-order valence-corrected chi connectivity index (χ0v) is 13.9. The molecule has 10 heteroatoms. The van der Waals surface area contributed by atoms with Crippen LogP contribution in [-0.2, 0) is 15.0 Å². The fourth-order valence-corrected chi connectivity index (χ4v) is 3.66. The van der Waals surface area contributed by atoms with Crippen LogP contribution in [0.4, 0.5) is 10.1 Å². The van der Waals surface area contributed by atoms with Gasteiger partial charge in [-0.25, -0.2) is 13.4 Å². The molecule has 1 saturated heterocycles. The van der Waals surface area contributed by atoms with Crippen LogP contribution in [-0.4, -0.2) is 43.8 Å². The van der Waals surface area contributed by atoms with Crippen molar-refractivity contribution in [3.8, 4) is 11.5 Å². The van der Waals surface area contributed by atoms with Crippen LogP contribution in [0.15, 0.2) is 24.3 Å². The first kappa shape index (κ1) is 17.2. The standard InChI is InChI=1S/C15H15FN2O6S/c1-8(19)7-24-10-3-2-9-4-12(20)15(14(16)11(9)5-10)18-6-13(21)17-25(18,22)23/h2-5,8,19-20H,6-7H2,1H3,(H,17,21). The van der Waals surface area contributed by atoms with E-state index < -0.39 is 46.0 Å². The number of ether oxygens (including phenoxy) is 1. The van der Waals surface area contributed by atoms with Crippen LogP contribution in [0.3, 0.4) is 0 Å². The fourth-order valence-electron chi connectivity index (χ4n) is 2.50. The van der Waals surface area contributed by atoms with Gasteiger partial charge in [0.25, 0.3) is 5.91 Å². The van der Waals surface area contributed by atoms with Crippen molar-refractivity contribution in [2.24, 2.45) is 0 Å². The van der Waals surface area contributed by atoms with Crippen molar-refractivity contribution >= 4 is 32.6 Å². The van der Waals surface area contributed by atoms with E-state index in [2.05, 4.69) is 0 Å². The number of carbonyl (C=O) groups is 1. The Balaban J connectivity index is 2.12. The highest BCUT2D eigenvalue weighted by molar-refractivity contribution is 7.92. The number of nitrogens with zero attached hydrogens (tertiary/aromatic N) is 1. The summed E-state index contributed by atoms with van der Waals surface area (Å²) in [5, 5.41) is 19.6. The summed E-state index contributed by atoms with van der Waals surface area (Å²) in [5.74, 6) is -2.17. The molecule has 1 aliphatic rings. The quantitative estimate of drug-likeness (QED) is 0.727. The lowest BCUT2D eigenvalue weighted by Gasteiger charge is -2.18. The lowest BCUT2D eigenvalue weighted by atomic mass is 10.1. The van der Waals surface area contributed by atoms with E-state index in [1.807, 2.05) is 0 Å². The number of aliphatic hydroxyl groups excluding tert-OH is 1. The maximum absolute atomic E-state index is 14.9. The topological polar surface area (TPSA) is 116 Å². The molecule has 0 radical (unpaired) electrons. The third-order valence-electron chi connectivity index (χ3n) is 3.56. The van der Waals surface area contributed by atoms with E-state index in [4.69, 9.17) is 4.74 Å². The summed E-state index contributed by atoms with van der Waals surface area (Å²) in [6.07, 6.45) is -0.720. The van der Waals surface area contributed by atoms with E-state index in [0.717, 1.165) is 0 Å². The van der Waals surface area contributed by atoms with Gasteiger partial charge in [-0.15, -0.1) is 0 Å². The van der Waals surface area contributed by atoms with Gasteiger partial charge >= 0.3 is 10.2 Å². The van der Waals surface area contributed by atoms with Crippen LogP contribution in [0.1, 0.15) is 6.92 Å². The number of nitrogens with one attached hydrogen (secondary N) is 1. The van der Waals surface area contributed by atoms with Gasteiger partial charge in [-0.2, -0.15) is 8.42 Å². The summed E-state index contributed by atoms with van der Waals surface area (Å²) in [4.78, 5) is 11.4. The van der Waals surface area contributed by atoms with Gasteiger partial charge in [0.2, 0.25) is 0 Å². The van der Waals surface area contributed by atoms with Crippen LogP contribution in [0.5, 0.6) is 11.5 Å². The normalized spacial score (nSPS) is 17.6. The molecule has 0 aromatic heterocycles. The number of aromatic hydroxyl groups is 1. The minimum absolute atomic E-state index is 0.00298. The van der Waals surface area contributed by atoms with Crippen LogP contribution < -0.4 is 13.8 Å². The molecule has 1 fully saturated rings. The molecular formula is C15H15FN2O6S. The average molecular weight is 370 g/mol. The Labute approximate surface area is 142 Å². The lowest BCUT2D eigenvalue weighted by Crippen LogP contribution is -2.30. The first-order chi connectivity index (χ1) is 11.7. The van der Waals surface area contributed by atoms with Gasteiger partial charge in [0.1, 0.15) is 30.3 Å². The summed E-state index contributed by atoms with van der Waals surface area (Å²) in [6, 6.07) is 5.54. The number of phenolic OH excluding ortho intramolecular Hbond substituents is 1. The molecule has 1 atom stereocenters. The Kier molecular flexibility index (Phi) is 4.17. The predicted molar refractivity (Wildman–Crippen MR) is 87.2 cm³/mol. The number of halogens is 1. The Hall–Kier alpha value is -2.59. The largest absolute Gasteiger partial charge is 0.506 e. The third kappa shape index (κ3) is 3.17. The summed E-state index contributed by atoms with van der Waals surface area (Å²) in [5.41, 5.74) is -0.612.